The highest BCUT2D eigenvalue weighted by atomic mass is 15.3. The van der Waals surface area contributed by atoms with Crippen LogP contribution >= 0.6 is 0 Å². The zero-order valence-corrected chi connectivity index (χ0v) is 10.4. The SMILES string of the molecule is CC1CCC(n2cc(CCN)cn2)CC1C. The summed E-state index contributed by atoms with van der Waals surface area (Å²) in [6.07, 6.45) is 8.96. The van der Waals surface area contributed by atoms with Crippen molar-refractivity contribution in [3.05, 3.63) is 18.0 Å². The lowest BCUT2D eigenvalue weighted by molar-refractivity contribution is 0.201. The molecule has 16 heavy (non-hydrogen) atoms. The van der Waals surface area contributed by atoms with Crippen LogP contribution in [0.15, 0.2) is 12.4 Å². The molecule has 1 fully saturated rings. The fraction of sp³-hybridized carbons (Fsp3) is 0.769. The fourth-order valence-electron chi connectivity index (χ4n) is 2.63. The summed E-state index contributed by atoms with van der Waals surface area (Å²) in [5.74, 6) is 1.69. The van der Waals surface area contributed by atoms with E-state index in [2.05, 4.69) is 29.8 Å². The minimum absolute atomic E-state index is 0.609. The van der Waals surface area contributed by atoms with E-state index in [0.717, 1.165) is 18.3 Å². The molecular formula is C13H23N3. The van der Waals surface area contributed by atoms with Crippen LogP contribution in [0.5, 0.6) is 0 Å². The van der Waals surface area contributed by atoms with Crippen LogP contribution in [0.3, 0.4) is 0 Å². The van der Waals surface area contributed by atoms with E-state index in [9.17, 15) is 0 Å². The van der Waals surface area contributed by atoms with Crippen LogP contribution in [0, 0.1) is 11.8 Å². The third-order valence-corrected chi connectivity index (χ3v) is 4.03. The van der Waals surface area contributed by atoms with Gasteiger partial charge < -0.3 is 5.73 Å². The van der Waals surface area contributed by atoms with Crippen molar-refractivity contribution in [2.24, 2.45) is 17.6 Å². The zero-order chi connectivity index (χ0) is 11.5. The molecule has 3 unspecified atom stereocenters. The number of nitrogens with two attached hydrogens (primary N) is 1. The van der Waals surface area contributed by atoms with Gasteiger partial charge in [0.25, 0.3) is 0 Å². The van der Waals surface area contributed by atoms with Gasteiger partial charge in [0.05, 0.1) is 12.2 Å². The molecule has 0 radical (unpaired) electrons. The second-order valence-corrected chi connectivity index (χ2v) is 5.29. The van der Waals surface area contributed by atoms with Gasteiger partial charge in [-0.15, -0.1) is 0 Å². The van der Waals surface area contributed by atoms with E-state index in [4.69, 9.17) is 5.73 Å². The Morgan fingerprint density at radius 2 is 2.19 bits per heavy atom. The Hall–Kier alpha value is -0.830. The molecule has 2 N–H and O–H groups in total. The topological polar surface area (TPSA) is 43.8 Å². The Labute approximate surface area is 98.0 Å². The maximum Gasteiger partial charge on any atom is 0.0522 e. The van der Waals surface area contributed by atoms with Crippen molar-refractivity contribution in [2.75, 3.05) is 6.54 Å². The van der Waals surface area contributed by atoms with Crippen molar-refractivity contribution in [1.82, 2.24) is 9.78 Å². The summed E-state index contributed by atoms with van der Waals surface area (Å²) < 4.78 is 2.16. The first kappa shape index (κ1) is 11.6. The van der Waals surface area contributed by atoms with Gasteiger partial charge in [-0.1, -0.05) is 13.8 Å². The van der Waals surface area contributed by atoms with E-state index in [0.29, 0.717) is 12.6 Å². The second-order valence-electron chi connectivity index (χ2n) is 5.29. The lowest BCUT2D eigenvalue weighted by Crippen LogP contribution is -2.23. The minimum Gasteiger partial charge on any atom is -0.330 e. The Morgan fingerprint density at radius 1 is 1.38 bits per heavy atom. The molecule has 0 aromatic carbocycles. The zero-order valence-electron chi connectivity index (χ0n) is 10.4. The van der Waals surface area contributed by atoms with E-state index in [1.165, 1.54) is 24.8 Å². The van der Waals surface area contributed by atoms with Gasteiger partial charge in [0.1, 0.15) is 0 Å². The van der Waals surface area contributed by atoms with Gasteiger partial charge in [-0.25, -0.2) is 0 Å². The molecule has 90 valence electrons. The van der Waals surface area contributed by atoms with E-state index < -0.39 is 0 Å². The maximum absolute atomic E-state index is 5.55. The molecule has 1 aliphatic rings. The second kappa shape index (κ2) is 5.00. The highest BCUT2D eigenvalue weighted by Crippen LogP contribution is 2.35. The molecule has 1 aromatic rings. The van der Waals surface area contributed by atoms with Crippen LogP contribution < -0.4 is 5.73 Å². The first-order valence-electron chi connectivity index (χ1n) is 6.43. The molecule has 1 aromatic heterocycles. The van der Waals surface area contributed by atoms with Gasteiger partial charge in [0, 0.05) is 6.20 Å². The average molecular weight is 221 g/mol. The van der Waals surface area contributed by atoms with Gasteiger partial charge >= 0.3 is 0 Å². The minimum atomic E-state index is 0.609. The third kappa shape index (κ3) is 2.46. The summed E-state index contributed by atoms with van der Waals surface area (Å²) in [5.41, 5.74) is 6.82. The monoisotopic (exact) mass is 221 g/mol. The molecule has 3 heteroatoms. The van der Waals surface area contributed by atoms with Crippen LogP contribution in [-0.2, 0) is 6.42 Å². The lowest BCUT2D eigenvalue weighted by Gasteiger charge is -2.32. The molecule has 0 saturated heterocycles. The first-order valence-corrected chi connectivity index (χ1v) is 6.43. The molecule has 2 rings (SSSR count). The summed E-state index contributed by atoms with van der Waals surface area (Å²) in [6, 6.07) is 0.609. The summed E-state index contributed by atoms with van der Waals surface area (Å²) in [5, 5.41) is 4.48. The molecule has 0 bridgehead atoms. The van der Waals surface area contributed by atoms with Crippen LogP contribution in [-0.4, -0.2) is 16.3 Å². The van der Waals surface area contributed by atoms with Crippen molar-refractivity contribution in [1.29, 1.82) is 0 Å². The van der Waals surface area contributed by atoms with E-state index in [1.54, 1.807) is 0 Å². The smallest absolute Gasteiger partial charge is 0.0522 e. The van der Waals surface area contributed by atoms with Crippen molar-refractivity contribution < 1.29 is 0 Å². The van der Waals surface area contributed by atoms with Crippen LogP contribution in [0.25, 0.3) is 0 Å². The molecule has 0 amide bonds. The van der Waals surface area contributed by atoms with Crippen molar-refractivity contribution in [3.63, 3.8) is 0 Å². The van der Waals surface area contributed by atoms with Gasteiger partial charge in [-0.2, -0.15) is 5.10 Å². The first-order chi connectivity index (χ1) is 7.70. The van der Waals surface area contributed by atoms with Gasteiger partial charge in [0.2, 0.25) is 0 Å². The third-order valence-electron chi connectivity index (χ3n) is 4.03. The number of nitrogens with zero attached hydrogens (tertiary/aromatic N) is 2. The Balaban J connectivity index is 2.01. The van der Waals surface area contributed by atoms with Gasteiger partial charge in [-0.05, 0) is 49.6 Å². The van der Waals surface area contributed by atoms with Crippen LogP contribution in [0.2, 0.25) is 0 Å². The molecule has 1 heterocycles. The highest BCUT2D eigenvalue weighted by molar-refractivity contribution is 5.05. The molecular weight excluding hydrogens is 198 g/mol. The molecule has 0 spiro atoms. The lowest BCUT2D eigenvalue weighted by atomic mass is 9.79. The Morgan fingerprint density at radius 3 is 2.88 bits per heavy atom. The van der Waals surface area contributed by atoms with Crippen LogP contribution in [0.1, 0.15) is 44.7 Å². The van der Waals surface area contributed by atoms with Crippen LogP contribution in [0.4, 0.5) is 0 Å². The van der Waals surface area contributed by atoms with Crippen molar-refractivity contribution in [2.45, 2.75) is 45.6 Å². The Kier molecular flexibility index (Phi) is 3.64. The molecule has 0 aliphatic heterocycles. The molecule has 3 atom stereocenters. The average Bonchev–Trinajstić information content (AvgIpc) is 2.71. The number of aromatic nitrogens is 2. The highest BCUT2D eigenvalue weighted by Gasteiger charge is 2.25. The molecule has 3 nitrogen and oxygen atoms in total. The summed E-state index contributed by atoms with van der Waals surface area (Å²) in [6.45, 7) is 5.44. The van der Waals surface area contributed by atoms with Crippen molar-refractivity contribution >= 4 is 0 Å². The quantitative estimate of drug-likeness (QED) is 0.851. The molecule has 1 aliphatic carbocycles. The standard InChI is InChI=1S/C13H23N3/c1-10-3-4-13(7-11(10)2)16-9-12(5-6-14)8-15-16/h8-11,13H,3-7,14H2,1-2H3. The predicted molar refractivity (Wildman–Crippen MR) is 66.2 cm³/mol. The van der Waals surface area contributed by atoms with E-state index in [1.807, 2.05) is 6.20 Å². The van der Waals surface area contributed by atoms with Crippen molar-refractivity contribution in [3.8, 4) is 0 Å². The Bertz CT molecular complexity index is 332. The summed E-state index contributed by atoms with van der Waals surface area (Å²) in [7, 11) is 0. The molecule has 1 saturated carbocycles. The van der Waals surface area contributed by atoms with E-state index in [-0.39, 0.29) is 0 Å². The predicted octanol–water partition coefficient (Wildman–Crippen LogP) is 2.38. The largest absolute Gasteiger partial charge is 0.330 e. The maximum atomic E-state index is 5.55. The summed E-state index contributed by atoms with van der Waals surface area (Å²) in [4.78, 5) is 0. The van der Waals surface area contributed by atoms with Gasteiger partial charge in [-0.3, -0.25) is 4.68 Å². The fourth-order valence-corrected chi connectivity index (χ4v) is 2.63. The van der Waals surface area contributed by atoms with E-state index >= 15 is 0 Å². The van der Waals surface area contributed by atoms with Gasteiger partial charge in [0.15, 0.2) is 0 Å². The normalized spacial score (nSPS) is 30.6. The number of hydrogen-bond acceptors (Lipinski definition) is 2. The number of hydrogen-bond donors (Lipinski definition) is 1. The summed E-state index contributed by atoms with van der Waals surface area (Å²) >= 11 is 0. The number of rotatable bonds is 3.